The Bertz CT molecular complexity index is 1370. The first-order valence-corrected chi connectivity index (χ1v) is 11.5. The van der Waals surface area contributed by atoms with Crippen LogP contribution < -0.4 is 15.1 Å². The number of methoxy groups -OCH3 is 1. The molecule has 1 aliphatic rings. The Morgan fingerprint density at radius 2 is 1.89 bits per heavy atom. The van der Waals surface area contributed by atoms with Crippen LogP contribution in [0.25, 0.3) is 22.2 Å². The van der Waals surface area contributed by atoms with Gasteiger partial charge >= 0.3 is 0 Å². The van der Waals surface area contributed by atoms with Crippen molar-refractivity contribution in [3.63, 3.8) is 0 Å². The van der Waals surface area contributed by atoms with E-state index in [1.165, 1.54) is 18.9 Å². The summed E-state index contributed by atoms with van der Waals surface area (Å²) >= 11 is 0. The van der Waals surface area contributed by atoms with E-state index in [-0.39, 0.29) is 11.3 Å². The van der Waals surface area contributed by atoms with Gasteiger partial charge in [0.2, 0.25) is 0 Å². The minimum Gasteiger partial charge on any atom is -0.508 e. The number of nitrogens with one attached hydrogen (secondary N) is 1. The predicted octanol–water partition coefficient (Wildman–Crippen LogP) is 4.51. The van der Waals surface area contributed by atoms with Crippen LogP contribution in [0.5, 0.6) is 11.5 Å². The summed E-state index contributed by atoms with van der Waals surface area (Å²) in [4.78, 5) is 23.6. The van der Waals surface area contributed by atoms with E-state index >= 15 is 0 Å². The van der Waals surface area contributed by atoms with Crippen molar-refractivity contribution in [2.75, 3.05) is 25.1 Å². The van der Waals surface area contributed by atoms with E-state index in [1.807, 2.05) is 36.4 Å². The van der Waals surface area contributed by atoms with Crippen LogP contribution in [0.4, 0.5) is 5.69 Å². The van der Waals surface area contributed by atoms with Crippen molar-refractivity contribution in [3.8, 4) is 22.8 Å². The van der Waals surface area contributed by atoms with E-state index in [2.05, 4.69) is 16.0 Å². The third-order valence-corrected chi connectivity index (χ3v) is 6.62. The number of rotatable bonds is 5. The van der Waals surface area contributed by atoms with Gasteiger partial charge in [-0.3, -0.25) is 15.0 Å². The number of ether oxygens (including phenoxy) is 1. The topological polar surface area (TPSA) is 108 Å². The van der Waals surface area contributed by atoms with Crippen molar-refractivity contribution in [1.29, 1.82) is 0 Å². The molecule has 0 aliphatic carbocycles. The fourth-order valence-corrected chi connectivity index (χ4v) is 4.84. The molecule has 0 spiro atoms. The number of hydrogen-bond acceptors (Lipinski definition) is 7. The number of benzene rings is 2. The standard InChI is InChI=1S/C27H26N4O4/c1-35-26-24(27(33)30-34)22-16-28-12-9-23(22)29-25(26)18-5-7-20(8-6-18)31-13-10-17(11-14-31)19-3-2-4-21(32)15-19/h2-9,12,15-17,32,34H,10-11,13-14H2,1H3,(H,30,33). The second-order valence-electron chi connectivity index (χ2n) is 8.61. The average molecular weight is 471 g/mol. The van der Waals surface area contributed by atoms with E-state index in [1.54, 1.807) is 23.8 Å². The second kappa shape index (κ2) is 9.60. The van der Waals surface area contributed by atoms with Crippen molar-refractivity contribution in [2.45, 2.75) is 18.8 Å². The first kappa shape index (κ1) is 22.6. The molecule has 4 aromatic rings. The van der Waals surface area contributed by atoms with Crippen molar-refractivity contribution in [3.05, 3.63) is 78.1 Å². The molecule has 1 fully saturated rings. The SMILES string of the molecule is COc1c(-c2ccc(N3CCC(c4cccc(O)c4)CC3)cc2)nc2ccncc2c1C(=O)NO. The van der Waals surface area contributed by atoms with Gasteiger partial charge in [-0.15, -0.1) is 0 Å². The molecule has 2 aromatic carbocycles. The van der Waals surface area contributed by atoms with Crippen molar-refractivity contribution < 1.29 is 19.8 Å². The minimum atomic E-state index is -0.685. The molecule has 1 amide bonds. The average Bonchev–Trinajstić information content (AvgIpc) is 2.91. The van der Waals surface area contributed by atoms with Crippen molar-refractivity contribution in [1.82, 2.24) is 15.4 Å². The number of aromatic hydroxyl groups is 1. The number of nitrogens with zero attached hydrogens (tertiary/aromatic N) is 3. The molecule has 1 aliphatic heterocycles. The van der Waals surface area contributed by atoms with E-state index in [4.69, 9.17) is 9.72 Å². The van der Waals surface area contributed by atoms with Gasteiger partial charge in [0.1, 0.15) is 11.4 Å². The number of pyridine rings is 2. The highest BCUT2D eigenvalue weighted by Gasteiger charge is 2.24. The van der Waals surface area contributed by atoms with Gasteiger partial charge in [0.25, 0.3) is 5.91 Å². The molecule has 1 saturated heterocycles. The van der Waals surface area contributed by atoms with Gasteiger partial charge in [-0.2, -0.15) is 0 Å². The number of carbonyl (C=O) groups excluding carboxylic acids is 1. The zero-order chi connectivity index (χ0) is 24.4. The quantitative estimate of drug-likeness (QED) is 0.291. The molecule has 0 radical (unpaired) electrons. The zero-order valence-corrected chi connectivity index (χ0v) is 19.3. The summed E-state index contributed by atoms with van der Waals surface area (Å²) in [5.41, 5.74) is 6.07. The van der Waals surface area contributed by atoms with Crippen LogP contribution in [0.2, 0.25) is 0 Å². The third-order valence-electron chi connectivity index (χ3n) is 6.62. The minimum absolute atomic E-state index is 0.182. The highest BCUT2D eigenvalue weighted by atomic mass is 16.5. The molecule has 0 atom stereocenters. The first-order valence-electron chi connectivity index (χ1n) is 11.5. The van der Waals surface area contributed by atoms with Crippen LogP contribution in [0.3, 0.4) is 0 Å². The smallest absolute Gasteiger partial charge is 0.279 e. The van der Waals surface area contributed by atoms with Crippen LogP contribution in [0.15, 0.2) is 67.0 Å². The number of phenols is 1. The predicted molar refractivity (Wildman–Crippen MR) is 133 cm³/mol. The fourth-order valence-electron chi connectivity index (χ4n) is 4.84. The first-order chi connectivity index (χ1) is 17.1. The van der Waals surface area contributed by atoms with Gasteiger partial charge in [-0.25, -0.2) is 10.5 Å². The lowest BCUT2D eigenvalue weighted by Crippen LogP contribution is -2.32. The van der Waals surface area contributed by atoms with Gasteiger partial charge in [0.05, 0.1) is 18.2 Å². The molecule has 2 aromatic heterocycles. The summed E-state index contributed by atoms with van der Waals surface area (Å²) in [7, 11) is 1.47. The number of hydrogen-bond donors (Lipinski definition) is 3. The van der Waals surface area contributed by atoms with Crippen molar-refractivity contribution in [2.24, 2.45) is 0 Å². The van der Waals surface area contributed by atoms with Gasteiger partial charge in [0.15, 0.2) is 5.75 Å². The number of phenolic OH excluding ortho intramolecular Hbond substituents is 1. The van der Waals surface area contributed by atoms with E-state index in [9.17, 15) is 15.1 Å². The Kier molecular flexibility index (Phi) is 6.20. The van der Waals surface area contributed by atoms with Crippen LogP contribution in [0.1, 0.15) is 34.7 Å². The summed E-state index contributed by atoms with van der Waals surface area (Å²) in [5, 5.41) is 19.6. The Morgan fingerprint density at radius 1 is 1.11 bits per heavy atom. The lowest BCUT2D eigenvalue weighted by atomic mass is 9.89. The highest BCUT2D eigenvalue weighted by molar-refractivity contribution is 6.09. The van der Waals surface area contributed by atoms with E-state index in [0.29, 0.717) is 28.3 Å². The number of piperidine rings is 1. The maximum atomic E-state index is 12.5. The molecule has 178 valence electrons. The molecule has 0 bridgehead atoms. The lowest BCUT2D eigenvalue weighted by molar-refractivity contribution is 0.0705. The molecule has 0 unspecified atom stereocenters. The normalized spacial score (nSPS) is 14.2. The third kappa shape index (κ3) is 4.36. The maximum Gasteiger partial charge on any atom is 0.279 e. The summed E-state index contributed by atoms with van der Waals surface area (Å²) in [6.07, 6.45) is 5.16. The zero-order valence-electron chi connectivity index (χ0n) is 19.3. The summed E-state index contributed by atoms with van der Waals surface area (Å²) in [6, 6.07) is 17.3. The Labute approximate surface area is 202 Å². The van der Waals surface area contributed by atoms with Crippen LogP contribution in [-0.2, 0) is 0 Å². The van der Waals surface area contributed by atoms with Gasteiger partial charge in [-0.1, -0.05) is 24.3 Å². The number of fused-ring (bicyclic) bond motifs is 1. The molecule has 3 heterocycles. The largest absolute Gasteiger partial charge is 0.508 e. The summed E-state index contributed by atoms with van der Waals surface area (Å²) in [5.74, 6) is 0.342. The van der Waals surface area contributed by atoms with Crippen LogP contribution >= 0.6 is 0 Å². The summed E-state index contributed by atoms with van der Waals surface area (Å²) in [6.45, 7) is 1.84. The fraction of sp³-hybridized carbons (Fsp3) is 0.222. The second-order valence-corrected chi connectivity index (χ2v) is 8.61. The highest BCUT2D eigenvalue weighted by Crippen LogP contribution is 2.37. The lowest BCUT2D eigenvalue weighted by Gasteiger charge is -2.34. The molecule has 35 heavy (non-hydrogen) atoms. The molecule has 5 rings (SSSR count). The Hall–Kier alpha value is -4.17. The number of carbonyl (C=O) groups is 1. The Balaban J connectivity index is 1.41. The van der Waals surface area contributed by atoms with E-state index < -0.39 is 5.91 Å². The Morgan fingerprint density at radius 3 is 2.57 bits per heavy atom. The number of hydroxylamine groups is 1. The molecule has 8 nitrogen and oxygen atoms in total. The van der Waals surface area contributed by atoms with E-state index in [0.717, 1.165) is 37.2 Å². The van der Waals surface area contributed by atoms with Crippen LogP contribution in [0, 0.1) is 0 Å². The molecular formula is C27H26N4O4. The van der Waals surface area contributed by atoms with Crippen LogP contribution in [-0.4, -0.2) is 46.4 Å². The molecule has 8 heteroatoms. The molecular weight excluding hydrogens is 444 g/mol. The maximum absolute atomic E-state index is 12.5. The van der Waals surface area contributed by atoms with Gasteiger partial charge in [-0.05, 0) is 54.7 Å². The van der Waals surface area contributed by atoms with Gasteiger partial charge in [0, 0.05) is 42.1 Å². The number of amides is 1. The van der Waals surface area contributed by atoms with Crippen molar-refractivity contribution >= 4 is 22.5 Å². The number of anilines is 1. The number of aromatic nitrogens is 2. The van der Waals surface area contributed by atoms with Gasteiger partial charge < -0.3 is 14.7 Å². The summed E-state index contributed by atoms with van der Waals surface area (Å²) < 4.78 is 5.58. The monoisotopic (exact) mass is 470 g/mol. The molecule has 3 N–H and O–H groups in total. The molecule has 0 saturated carbocycles.